The zero-order valence-electron chi connectivity index (χ0n) is 15.9. The molecule has 0 fully saturated rings. The molecule has 0 atom stereocenters. The van der Waals surface area contributed by atoms with Gasteiger partial charge >= 0.3 is 0 Å². The summed E-state index contributed by atoms with van der Waals surface area (Å²) in [5.41, 5.74) is 4.88. The molecule has 0 saturated heterocycles. The summed E-state index contributed by atoms with van der Waals surface area (Å²) in [6.07, 6.45) is 2.68. The van der Waals surface area contributed by atoms with Crippen LogP contribution in [0, 0.1) is 0 Å². The SMILES string of the molecule is CCN(CC)c1ccc(Nc2cc(N3CCc4ccccc43)ncn2)cc1. The van der Waals surface area contributed by atoms with Gasteiger partial charge in [0.1, 0.15) is 18.0 Å². The summed E-state index contributed by atoms with van der Waals surface area (Å²) in [5, 5.41) is 3.40. The minimum absolute atomic E-state index is 0.806. The number of rotatable bonds is 6. The van der Waals surface area contributed by atoms with Gasteiger partial charge in [-0.05, 0) is 56.2 Å². The van der Waals surface area contributed by atoms with E-state index in [0.29, 0.717) is 0 Å². The minimum Gasteiger partial charge on any atom is -0.372 e. The lowest BCUT2D eigenvalue weighted by molar-refractivity contribution is 0.866. The molecule has 2 aromatic carbocycles. The third-order valence-corrected chi connectivity index (χ3v) is 5.08. The second-order valence-electron chi connectivity index (χ2n) is 6.64. The summed E-state index contributed by atoms with van der Waals surface area (Å²) < 4.78 is 0. The monoisotopic (exact) mass is 359 g/mol. The summed E-state index contributed by atoms with van der Waals surface area (Å²) in [4.78, 5) is 13.5. The Morgan fingerprint density at radius 1 is 1.00 bits per heavy atom. The van der Waals surface area contributed by atoms with Crippen LogP contribution in [-0.2, 0) is 6.42 Å². The van der Waals surface area contributed by atoms with Crippen LogP contribution in [0.15, 0.2) is 60.9 Å². The molecule has 1 N–H and O–H groups in total. The second kappa shape index (κ2) is 7.66. The van der Waals surface area contributed by atoms with Crippen LogP contribution in [0.5, 0.6) is 0 Å². The Balaban J connectivity index is 1.52. The molecule has 0 saturated carbocycles. The predicted octanol–water partition coefficient (Wildman–Crippen LogP) is 4.76. The fourth-order valence-corrected chi connectivity index (χ4v) is 3.63. The highest BCUT2D eigenvalue weighted by molar-refractivity contribution is 5.70. The van der Waals surface area contributed by atoms with Crippen molar-refractivity contribution in [3.63, 3.8) is 0 Å². The van der Waals surface area contributed by atoms with E-state index in [-0.39, 0.29) is 0 Å². The number of nitrogens with zero attached hydrogens (tertiary/aromatic N) is 4. The molecule has 2 heterocycles. The van der Waals surface area contributed by atoms with Crippen molar-refractivity contribution in [1.82, 2.24) is 9.97 Å². The zero-order valence-corrected chi connectivity index (χ0v) is 15.9. The number of benzene rings is 2. The van der Waals surface area contributed by atoms with Gasteiger partial charge in [-0.15, -0.1) is 0 Å². The van der Waals surface area contributed by atoms with Gasteiger partial charge in [-0.3, -0.25) is 0 Å². The van der Waals surface area contributed by atoms with Gasteiger partial charge in [0, 0.05) is 42.8 Å². The Bertz CT molecular complexity index is 903. The molecule has 5 heteroatoms. The first-order valence-corrected chi connectivity index (χ1v) is 9.58. The van der Waals surface area contributed by atoms with Crippen molar-refractivity contribution in [2.75, 3.05) is 34.8 Å². The van der Waals surface area contributed by atoms with E-state index in [2.05, 4.69) is 87.5 Å². The lowest BCUT2D eigenvalue weighted by Gasteiger charge is -2.21. The number of anilines is 5. The Morgan fingerprint density at radius 3 is 2.56 bits per heavy atom. The third-order valence-electron chi connectivity index (χ3n) is 5.08. The van der Waals surface area contributed by atoms with Gasteiger partial charge in [0.15, 0.2) is 0 Å². The van der Waals surface area contributed by atoms with Gasteiger partial charge in [-0.25, -0.2) is 9.97 Å². The molecular formula is C22H25N5. The maximum absolute atomic E-state index is 4.49. The van der Waals surface area contributed by atoms with E-state index in [0.717, 1.165) is 43.4 Å². The molecule has 1 aliphatic rings. The number of para-hydroxylation sites is 1. The average Bonchev–Trinajstić information content (AvgIpc) is 3.15. The first kappa shape index (κ1) is 17.3. The first-order valence-electron chi connectivity index (χ1n) is 9.58. The number of aromatic nitrogens is 2. The Kier molecular flexibility index (Phi) is 4.92. The van der Waals surface area contributed by atoms with E-state index in [9.17, 15) is 0 Å². The number of nitrogens with one attached hydrogen (secondary N) is 1. The highest BCUT2D eigenvalue weighted by Gasteiger charge is 2.21. The predicted molar refractivity (Wildman–Crippen MR) is 112 cm³/mol. The van der Waals surface area contributed by atoms with Gasteiger partial charge in [0.25, 0.3) is 0 Å². The van der Waals surface area contributed by atoms with Crippen LogP contribution in [0.1, 0.15) is 19.4 Å². The van der Waals surface area contributed by atoms with Gasteiger partial charge in [-0.1, -0.05) is 18.2 Å². The van der Waals surface area contributed by atoms with E-state index in [1.54, 1.807) is 6.33 Å². The van der Waals surface area contributed by atoms with Crippen LogP contribution in [0.2, 0.25) is 0 Å². The maximum Gasteiger partial charge on any atom is 0.138 e. The largest absolute Gasteiger partial charge is 0.372 e. The molecular weight excluding hydrogens is 334 g/mol. The number of hydrogen-bond donors (Lipinski definition) is 1. The average molecular weight is 359 g/mol. The van der Waals surface area contributed by atoms with E-state index < -0.39 is 0 Å². The molecule has 0 spiro atoms. The minimum atomic E-state index is 0.806. The molecule has 1 aliphatic heterocycles. The van der Waals surface area contributed by atoms with Crippen molar-refractivity contribution in [3.05, 3.63) is 66.5 Å². The molecule has 0 radical (unpaired) electrons. The van der Waals surface area contributed by atoms with E-state index in [4.69, 9.17) is 0 Å². The number of hydrogen-bond acceptors (Lipinski definition) is 5. The van der Waals surface area contributed by atoms with Crippen LogP contribution in [0.25, 0.3) is 0 Å². The van der Waals surface area contributed by atoms with Crippen molar-refractivity contribution < 1.29 is 0 Å². The fourth-order valence-electron chi connectivity index (χ4n) is 3.63. The topological polar surface area (TPSA) is 44.3 Å². The summed E-state index contributed by atoms with van der Waals surface area (Å²) in [7, 11) is 0. The van der Waals surface area contributed by atoms with Crippen molar-refractivity contribution >= 4 is 28.7 Å². The second-order valence-corrected chi connectivity index (χ2v) is 6.64. The Labute approximate surface area is 160 Å². The van der Waals surface area contributed by atoms with Crippen LogP contribution in [0.3, 0.4) is 0 Å². The van der Waals surface area contributed by atoms with Crippen LogP contribution >= 0.6 is 0 Å². The third kappa shape index (κ3) is 3.58. The van der Waals surface area contributed by atoms with Crippen molar-refractivity contribution in [3.8, 4) is 0 Å². The molecule has 0 aliphatic carbocycles. The standard InChI is InChI=1S/C22H25N5/c1-3-26(4-2)19-11-9-18(10-12-19)25-21-15-22(24-16-23-21)27-14-13-17-7-5-6-8-20(17)27/h5-12,15-16H,3-4,13-14H2,1-2H3,(H,23,24,25). The van der Waals surface area contributed by atoms with Gasteiger partial charge < -0.3 is 15.1 Å². The molecule has 0 unspecified atom stereocenters. The highest BCUT2D eigenvalue weighted by atomic mass is 15.2. The smallest absolute Gasteiger partial charge is 0.138 e. The van der Waals surface area contributed by atoms with Gasteiger partial charge in [-0.2, -0.15) is 0 Å². The van der Waals surface area contributed by atoms with E-state index in [1.165, 1.54) is 16.9 Å². The summed E-state index contributed by atoms with van der Waals surface area (Å²) >= 11 is 0. The summed E-state index contributed by atoms with van der Waals surface area (Å²) in [6.45, 7) is 7.32. The molecule has 4 rings (SSSR count). The van der Waals surface area contributed by atoms with Crippen molar-refractivity contribution in [1.29, 1.82) is 0 Å². The summed E-state index contributed by atoms with van der Waals surface area (Å²) in [5.74, 6) is 1.73. The number of fused-ring (bicyclic) bond motifs is 1. The van der Waals surface area contributed by atoms with E-state index >= 15 is 0 Å². The quantitative estimate of drug-likeness (QED) is 0.687. The fraction of sp³-hybridized carbons (Fsp3) is 0.273. The van der Waals surface area contributed by atoms with E-state index in [1.807, 2.05) is 6.07 Å². The van der Waals surface area contributed by atoms with Crippen LogP contribution < -0.4 is 15.1 Å². The zero-order chi connectivity index (χ0) is 18.6. The Hall–Kier alpha value is -3.08. The first-order chi connectivity index (χ1) is 13.3. The highest BCUT2D eigenvalue weighted by Crippen LogP contribution is 2.33. The molecule has 3 aromatic rings. The molecule has 1 aromatic heterocycles. The maximum atomic E-state index is 4.49. The molecule has 5 nitrogen and oxygen atoms in total. The molecule has 138 valence electrons. The van der Waals surface area contributed by atoms with Crippen molar-refractivity contribution in [2.24, 2.45) is 0 Å². The Morgan fingerprint density at radius 2 is 1.78 bits per heavy atom. The van der Waals surface area contributed by atoms with Crippen LogP contribution in [-0.4, -0.2) is 29.6 Å². The van der Waals surface area contributed by atoms with Crippen LogP contribution in [0.4, 0.5) is 28.7 Å². The summed E-state index contributed by atoms with van der Waals surface area (Å²) in [6, 6.07) is 19.0. The van der Waals surface area contributed by atoms with Gasteiger partial charge in [0.2, 0.25) is 0 Å². The van der Waals surface area contributed by atoms with Gasteiger partial charge in [0.05, 0.1) is 0 Å². The molecule has 27 heavy (non-hydrogen) atoms. The lowest BCUT2D eigenvalue weighted by Crippen LogP contribution is -2.21. The van der Waals surface area contributed by atoms with Crippen molar-refractivity contribution in [2.45, 2.75) is 20.3 Å². The normalized spacial score (nSPS) is 12.7. The molecule has 0 amide bonds. The molecule has 0 bridgehead atoms. The lowest BCUT2D eigenvalue weighted by atomic mass is 10.2.